The highest BCUT2D eigenvalue weighted by atomic mass is 16.7. The van der Waals surface area contributed by atoms with Gasteiger partial charge in [0.2, 0.25) is 0 Å². The predicted octanol–water partition coefficient (Wildman–Crippen LogP) is 3.15. The van der Waals surface area contributed by atoms with Gasteiger partial charge in [0, 0.05) is 12.1 Å². The molecule has 0 aromatic heterocycles. The number of ketones is 1. The minimum atomic E-state index is -0.569. The van der Waals surface area contributed by atoms with Crippen LogP contribution in [0.25, 0.3) is 0 Å². The number of hydroxylamine groups is 2. The fraction of sp³-hybridized carbons (Fsp3) is 0.529. The number of carbonyl (C=O) groups is 2. The maximum atomic E-state index is 12.6. The van der Waals surface area contributed by atoms with Gasteiger partial charge < -0.3 is 4.84 Å². The molecule has 1 fully saturated rings. The molecule has 21 heavy (non-hydrogen) atoms. The van der Waals surface area contributed by atoms with Gasteiger partial charge in [-0.3, -0.25) is 4.79 Å². The number of hydrogen-bond acceptors (Lipinski definition) is 4. The van der Waals surface area contributed by atoms with Crippen LogP contribution in [0.5, 0.6) is 0 Å². The Hall–Kier alpha value is -1.68. The third-order valence-corrected chi connectivity index (χ3v) is 3.65. The lowest BCUT2D eigenvalue weighted by atomic mass is 9.98. The highest BCUT2D eigenvalue weighted by molar-refractivity contribution is 6.00. The van der Waals surface area contributed by atoms with Gasteiger partial charge in [-0.1, -0.05) is 29.8 Å². The van der Waals surface area contributed by atoms with Gasteiger partial charge in [-0.15, -0.1) is 5.06 Å². The van der Waals surface area contributed by atoms with E-state index in [1.807, 2.05) is 52.0 Å². The van der Waals surface area contributed by atoms with E-state index in [0.29, 0.717) is 12.1 Å². The van der Waals surface area contributed by atoms with Crippen LogP contribution in [-0.2, 0) is 9.63 Å². The Morgan fingerprint density at radius 1 is 1.19 bits per heavy atom. The molecule has 0 spiro atoms. The first-order valence-electron chi connectivity index (χ1n) is 7.39. The number of rotatable bonds is 3. The largest absolute Gasteiger partial charge is 0.367 e. The molecule has 1 aromatic rings. The number of benzene rings is 1. The molecule has 0 radical (unpaired) electrons. The van der Waals surface area contributed by atoms with Crippen molar-refractivity contribution < 1.29 is 14.4 Å². The number of Topliss-reactive ketones (excluding diaryl/α,β-unsaturated/α-hetero) is 1. The van der Waals surface area contributed by atoms with Gasteiger partial charge in [0.1, 0.15) is 6.04 Å². The summed E-state index contributed by atoms with van der Waals surface area (Å²) in [6, 6.07) is 7.15. The molecule has 0 unspecified atom stereocenters. The monoisotopic (exact) mass is 289 g/mol. The Labute approximate surface area is 126 Å². The van der Waals surface area contributed by atoms with Crippen LogP contribution >= 0.6 is 0 Å². The summed E-state index contributed by atoms with van der Waals surface area (Å²) in [6.07, 6.45) is 1.59. The van der Waals surface area contributed by atoms with Crippen LogP contribution in [0.4, 0.5) is 0 Å². The summed E-state index contributed by atoms with van der Waals surface area (Å²) >= 11 is 0. The van der Waals surface area contributed by atoms with Crippen molar-refractivity contribution in [2.75, 3.05) is 6.54 Å². The molecular weight excluding hydrogens is 266 g/mol. The Kier molecular flexibility index (Phi) is 4.47. The van der Waals surface area contributed by atoms with Gasteiger partial charge in [0.05, 0.1) is 5.41 Å². The van der Waals surface area contributed by atoms with Crippen LogP contribution in [0.15, 0.2) is 24.3 Å². The zero-order valence-corrected chi connectivity index (χ0v) is 13.2. The molecule has 0 N–H and O–H groups in total. The normalized spacial score (nSPS) is 19.5. The zero-order chi connectivity index (χ0) is 15.6. The lowest BCUT2D eigenvalue weighted by Crippen LogP contribution is -2.40. The van der Waals surface area contributed by atoms with Crippen LogP contribution in [-0.4, -0.2) is 29.4 Å². The van der Waals surface area contributed by atoms with Crippen molar-refractivity contribution in [3.8, 4) is 0 Å². The fourth-order valence-electron chi connectivity index (χ4n) is 2.27. The Balaban J connectivity index is 2.09. The van der Waals surface area contributed by atoms with Gasteiger partial charge in [0.15, 0.2) is 5.78 Å². The topological polar surface area (TPSA) is 46.6 Å². The van der Waals surface area contributed by atoms with Crippen LogP contribution in [0.1, 0.15) is 49.5 Å². The van der Waals surface area contributed by atoms with Crippen LogP contribution in [0, 0.1) is 12.3 Å². The predicted molar refractivity (Wildman–Crippen MR) is 80.8 cm³/mol. The van der Waals surface area contributed by atoms with E-state index < -0.39 is 5.41 Å². The molecule has 0 aliphatic carbocycles. The van der Waals surface area contributed by atoms with Gasteiger partial charge >= 0.3 is 5.97 Å². The highest BCUT2D eigenvalue weighted by Crippen LogP contribution is 2.24. The Morgan fingerprint density at radius 2 is 1.81 bits per heavy atom. The van der Waals surface area contributed by atoms with Crippen LogP contribution < -0.4 is 0 Å². The molecule has 1 heterocycles. The molecule has 0 amide bonds. The quantitative estimate of drug-likeness (QED) is 0.802. The van der Waals surface area contributed by atoms with Crippen LogP contribution in [0.3, 0.4) is 0 Å². The van der Waals surface area contributed by atoms with Crippen LogP contribution in [0.2, 0.25) is 0 Å². The number of hydrogen-bond donors (Lipinski definition) is 0. The summed E-state index contributed by atoms with van der Waals surface area (Å²) in [5.41, 5.74) is 1.22. The maximum Gasteiger partial charge on any atom is 0.330 e. The summed E-state index contributed by atoms with van der Waals surface area (Å²) in [5.74, 6) is -0.277. The first-order valence-corrected chi connectivity index (χ1v) is 7.39. The van der Waals surface area contributed by atoms with Gasteiger partial charge in [-0.2, -0.15) is 0 Å². The molecule has 114 valence electrons. The zero-order valence-electron chi connectivity index (χ0n) is 13.2. The summed E-state index contributed by atoms with van der Waals surface area (Å²) in [5, 5.41) is 1.55. The summed E-state index contributed by atoms with van der Waals surface area (Å²) in [4.78, 5) is 30.0. The first kappa shape index (κ1) is 15.7. The van der Waals surface area contributed by atoms with Crippen molar-refractivity contribution in [2.45, 2.75) is 46.6 Å². The fourth-order valence-corrected chi connectivity index (χ4v) is 2.27. The van der Waals surface area contributed by atoms with Crippen molar-refractivity contribution >= 4 is 11.8 Å². The molecule has 4 heteroatoms. The smallest absolute Gasteiger partial charge is 0.330 e. The molecule has 2 rings (SSSR count). The van der Waals surface area contributed by atoms with Crippen molar-refractivity contribution in [2.24, 2.45) is 5.41 Å². The molecule has 0 bridgehead atoms. The second kappa shape index (κ2) is 5.98. The SMILES string of the molecule is Cc1ccc(C(=O)[C@@H]2CCCN2OC(=O)C(C)(C)C)cc1. The first-order chi connectivity index (χ1) is 9.79. The lowest BCUT2D eigenvalue weighted by Gasteiger charge is -2.26. The van der Waals surface area contributed by atoms with E-state index in [-0.39, 0.29) is 17.8 Å². The number of carbonyl (C=O) groups excluding carboxylic acids is 2. The molecule has 1 aliphatic rings. The van der Waals surface area contributed by atoms with Gasteiger partial charge in [-0.25, -0.2) is 4.79 Å². The van der Waals surface area contributed by atoms with Crippen molar-refractivity contribution in [1.29, 1.82) is 0 Å². The molecule has 0 saturated carbocycles. The van der Waals surface area contributed by atoms with Crippen molar-refractivity contribution in [3.63, 3.8) is 0 Å². The second-order valence-corrected chi connectivity index (χ2v) is 6.66. The average molecular weight is 289 g/mol. The molecule has 1 aromatic carbocycles. The third-order valence-electron chi connectivity index (χ3n) is 3.65. The maximum absolute atomic E-state index is 12.6. The van der Waals surface area contributed by atoms with E-state index >= 15 is 0 Å². The van der Waals surface area contributed by atoms with E-state index in [4.69, 9.17) is 4.84 Å². The standard InChI is InChI=1S/C17H23NO3/c1-12-7-9-13(10-8-12)15(19)14-6-5-11-18(14)21-16(20)17(2,3)4/h7-10,14H,5-6,11H2,1-4H3/t14-/m0/s1. The van der Waals surface area contributed by atoms with Gasteiger partial charge in [-0.05, 0) is 40.5 Å². The van der Waals surface area contributed by atoms with E-state index in [1.165, 1.54) is 0 Å². The molecule has 1 atom stereocenters. The lowest BCUT2D eigenvalue weighted by molar-refractivity contribution is -0.200. The highest BCUT2D eigenvalue weighted by Gasteiger charge is 2.36. The van der Waals surface area contributed by atoms with E-state index in [2.05, 4.69) is 0 Å². The van der Waals surface area contributed by atoms with Crippen molar-refractivity contribution in [3.05, 3.63) is 35.4 Å². The third kappa shape index (κ3) is 3.70. The Morgan fingerprint density at radius 3 is 2.38 bits per heavy atom. The number of aryl methyl sites for hydroxylation is 1. The molecule has 1 saturated heterocycles. The van der Waals surface area contributed by atoms with Gasteiger partial charge in [0.25, 0.3) is 0 Å². The van der Waals surface area contributed by atoms with Crippen molar-refractivity contribution in [1.82, 2.24) is 5.06 Å². The minimum absolute atomic E-state index is 0.0224. The van der Waals surface area contributed by atoms with E-state index in [9.17, 15) is 9.59 Å². The van der Waals surface area contributed by atoms with E-state index in [0.717, 1.165) is 18.4 Å². The summed E-state index contributed by atoms with van der Waals surface area (Å²) in [7, 11) is 0. The molecule has 4 nitrogen and oxygen atoms in total. The van der Waals surface area contributed by atoms with E-state index in [1.54, 1.807) is 5.06 Å². The summed E-state index contributed by atoms with van der Waals surface area (Å²) in [6.45, 7) is 8.03. The summed E-state index contributed by atoms with van der Waals surface area (Å²) < 4.78 is 0. The molecule has 1 aliphatic heterocycles. The average Bonchev–Trinajstić information content (AvgIpc) is 2.86. The Bertz CT molecular complexity index is 528. The molecular formula is C17H23NO3. The second-order valence-electron chi connectivity index (χ2n) is 6.66. The number of nitrogens with zero attached hydrogens (tertiary/aromatic N) is 1. The minimum Gasteiger partial charge on any atom is -0.367 e.